The first-order chi connectivity index (χ1) is 9.54. The number of rotatable bonds is 2. The zero-order chi connectivity index (χ0) is 14.3. The monoisotopic (exact) mass is 336 g/mol. The molecule has 0 unspecified atom stereocenters. The van der Waals surface area contributed by atoms with Crippen molar-refractivity contribution in [3.8, 4) is 5.75 Å². The first-order valence-corrected chi connectivity index (χ1v) is 7.65. The molecule has 3 rings (SSSR count). The maximum Gasteiger partial charge on any atom is 0.412 e. The lowest BCUT2D eigenvalue weighted by molar-refractivity contribution is 0.198. The average molecular weight is 337 g/mol. The number of benzene rings is 1. The third-order valence-corrected chi connectivity index (χ3v) is 4.13. The van der Waals surface area contributed by atoms with Gasteiger partial charge in [-0.25, -0.2) is 4.79 Å². The van der Waals surface area contributed by atoms with Gasteiger partial charge in [-0.2, -0.15) is 0 Å². The molecule has 5 heteroatoms. The van der Waals surface area contributed by atoms with E-state index in [1.54, 1.807) is 0 Å². The summed E-state index contributed by atoms with van der Waals surface area (Å²) in [6.07, 6.45) is 2.95. The first kappa shape index (κ1) is 13.5. The number of carbonyl (C=O) groups excluding carboxylic acids is 1. The minimum Gasteiger partial charge on any atom is -0.410 e. The highest BCUT2D eigenvalue weighted by molar-refractivity contribution is 9.10. The molecule has 1 aliphatic carbocycles. The van der Waals surface area contributed by atoms with Gasteiger partial charge in [0.2, 0.25) is 0 Å². The van der Waals surface area contributed by atoms with E-state index in [-0.39, 0.29) is 6.04 Å². The number of aromatic nitrogens is 1. The smallest absolute Gasteiger partial charge is 0.410 e. The number of aromatic amines is 1. The van der Waals surface area contributed by atoms with Crippen LogP contribution in [0.3, 0.4) is 0 Å². The highest BCUT2D eigenvalue weighted by Gasteiger charge is 2.19. The van der Waals surface area contributed by atoms with Crippen molar-refractivity contribution in [2.45, 2.75) is 39.2 Å². The molecule has 0 fully saturated rings. The van der Waals surface area contributed by atoms with Gasteiger partial charge < -0.3 is 15.0 Å². The van der Waals surface area contributed by atoms with Gasteiger partial charge in [0.25, 0.3) is 0 Å². The van der Waals surface area contributed by atoms with Gasteiger partial charge in [-0.05, 0) is 66.7 Å². The van der Waals surface area contributed by atoms with E-state index in [0.29, 0.717) is 5.75 Å². The van der Waals surface area contributed by atoms with Gasteiger partial charge >= 0.3 is 6.09 Å². The topological polar surface area (TPSA) is 54.1 Å². The summed E-state index contributed by atoms with van der Waals surface area (Å²) >= 11 is 3.55. The lowest BCUT2D eigenvalue weighted by atomic mass is 10.1. The molecular formula is C15H17BrN2O2. The largest absolute Gasteiger partial charge is 0.412 e. The Morgan fingerprint density at radius 2 is 2.20 bits per heavy atom. The van der Waals surface area contributed by atoms with E-state index < -0.39 is 6.09 Å². The maximum atomic E-state index is 11.7. The fourth-order valence-corrected chi connectivity index (χ4v) is 3.25. The summed E-state index contributed by atoms with van der Waals surface area (Å²) in [5.41, 5.74) is 3.76. The van der Waals surface area contributed by atoms with Crippen LogP contribution in [0.5, 0.6) is 5.75 Å². The van der Waals surface area contributed by atoms with Crippen molar-refractivity contribution in [1.82, 2.24) is 10.3 Å². The predicted octanol–water partition coefficient (Wildman–Crippen LogP) is 3.92. The van der Waals surface area contributed by atoms with Crippen LogP contribution in [-0.2, 0) is 12.8 Å². The molecule has 2 aromatic rings. The van der Waals surface area contributed by atoms with Crippen LogP contribution in [0, 0.1) is 0 Å². The molecule has 20 heavy (non-hydrogen) atoms. The Hall–Kier alpha value is -1.49. The summed E-state index contributed by atoms with van der Waals surface area (Å²) in [5.74, 6) is 0.566. The molecule has 0 spiro atoms. The van der Waals surface area contributed by atoms with E-state index in [4.69, 9.17) is 4.74 Å². The van der Waals surface area contributed by atoms with Gasteiger partial charge in [-0.1, -0.05) is 0 Å². The predicted molar refractivity (Wildman–Crippen MR) is 82.3 cm³/mol. The number of hydrogen-bond acceptors (Lipinski definition) is 2. The highest BCUT2D eigenvalue weighted by atomic mass is 79.9. The number of amides is 1. The van der Waals surface area contributed by atoms with Crippen LogP contribution in [0.15, 0.2) is 16.6 Å². The Labute approximate surface area is 126 Å². The standard InChI is InChI=1S/C15H17BrN2O2/c1-8(2)17-15(19)20-9-6-11-10-4-3-5-13(10)18-14(11)12(16)7-9/h6-8,18H,3-5H2,1-2H3,(H,17,19). The van der Waals surface area contributed by atoms with E-state index >= 15 is 0 Å². The molecule has 2 N–H and O–H groups in total. The molecule has 106 valence electrons. The van der Waals surface area contributed by atoms with Crippen LogP contribution in [0.1, 0.15) is 31.5 Å². The average Bonchev–Trinajstić information content (AvgIpc) is 2.89. The molecule has 1 amide bonds. The third kappa shape index (κ3) is 2.42. The maximum absolute atomic E-state index is 11.7. The molecule has 4 nitrogen and oxygen atoms in total. The van der Waals surface area contributed by atoms with Gasteiger partial charge in [0.1, 0.15) is 5.75 Å². The van der Waals surface area contributed by atoms with E-state index in [1.807, 2.05) is 26.0 Å². The summed E-state index contributed by atoms with van der Waals surface area (Å²) < 4.78 is 6.28. The highest BCUT2D eigenvalue weighted by Crippen LogP contribution is 2.36. The third-order valence-electron chi connectivity index (χ3n) is 3.50. The molecular weight excluding hydrogens is 320 g/mol. The molecule has 0 bridgehead atoms. The van der Waals surface area contributed by atoms with Crippen LogP contribution < -0.4 is 10.1 Å². The Morgan fingerprint density at radius 1 is 1.40 bits per heavy atom. The Kier molecular flexibility index (Phi) is 3.46. The molecule has 1 heterocycles. The second kappa shape index (κ2) is 5.13. The fourth-order valence-electron chi connectivity index (χ4n) is 2.71. The molecule has 0 aliphatic heterocycles. The summed E-state index contributed by atoms with van der Waals surface area (Å²) in [4.78, 5) is 15.1. The Bertz CT molecular complexity index is 676. The SMILES string of the molecule is CC(C)NC(=O)Oc1cc(Br)c2[nH]c3c(c2c1)CCC3. The van der Waals surface area contributed by atoms with Crippen LogP contribution in [0.4, 0.5) is 4.79 Å². The molecule has 0 saturated heterocycles. The zero-order valence-corrected chi connectivity index (χ0v) is 13.1. The van der Waals surface area contributed by atoms with Crippen LogP contribution in [0.25, 0.3) is 10.9 Å². The minimum absolute atomic E-state index is 0.0613. The number of halogens is 1. The lowest BCUT2D eigenvalue weighted by Crippen LogP contribution is -2.32. The molecule has 1 aliphatic rings. The van der Waals surface area contributed by atoms with Crippen molar-refractivity contribution in [3.05, 3.63) is 27.9 Å². The van der Waals surface area contributed by atoms with Crippen molar-refractivity contribution in [1.29, 1.82) is 0 Å². The van der Waals surface area contributed by atoms with Gasteiger partial charge in [0, 0.05) is 21.6 Å². The summed E-state index contributed by atoms with van der Waals surface area (Å²) in [5, 5.41) is 3.87. The molecule has 1 aromatic heterocycles. The Balaban J connectivity index is 1.95. The molecule has 0 atom stereocenters. The summed E-state index contributed by atoms with van der Waals surface area (Å²) in [7, 11) is 0. The van der Waals surface area contributed by atoms with Crippen LogP contribution in [-0.4, -0.2) is 17.1 Å². The summed E-state index contributed by atoms with van der Waals surface area (Å²) in [6, 6.07) is 3.83. The van der Waals surface area contributed by atoms with Gasteiger partial charge in [-0.3, -0.25) is 0 Å². The number of carbonyl (C=O) groups is 1. The number of hydrogen-bond donors (Lipinski definition) is 2. The first-order valence-electron chi connectivity index (χ1n) is 6.86. The second-order valence-corrected chi connectivity index (χ2v) is 6.31. The normalized spacial score (nSPS) is 13.8. The lowest BCUT2D eigenvalue weighted by Gasteiger charge is -2.10. The van der Waals surface area contributed by atoms with Gasteiger partial charge in [0.15, 0.2) is 0 Å². The van der Waals surface area contributed by atoms with Gasteiger partial charge in [-0.15, -0.1) is 0 Å². The van der Waals surface area contributed by atoms with E-state index in [0.717, 1.165) is 28.2 Å². The molecule has 1 aromatic carbocycles. The number of aryl methyl sites for hydroxylation is 2. The van der Waals surface area contributed by atoms with Gasteiger partial charge in [0.05, 0.1) is 5.52 Å². The number of H-pyrrole nitrogens is 1. The number of fused-ring (bicyclic) bond motifs is 3. The number of ether oxygens (including phenoxy) is 1. The zero-order valence-electron chi connectivity index (χ0n) is 11.5. The van der Waals surface area contributed by atoms with Crippen LogP contribution in [0.2, 0.25) is 0 Å². The molecule has 0 saturated carbocycles. The van der Waals surface area contributed by atoms with Crippen molar-refractivity contribution in [3.63, 3.8) is 0 Å². The van der Waals surface area contributed by atoms with Crippen molar-refractivity contribution in [2.75, 3.05) is 0 Å². The minimum atomic E-state index is -0.418. The van der Waals surface area contributed by atoms with E-state index in [2.05, 4.69) is 26.2 Å². The van der Waals surface area contributed by atoms with E-state index in [9.17, 15) is 4.79 Å². The summed E-state index contributed by atoms with van der Waals surface area (Å²) in [6.45, 7) is 3.80. The van der Waals surface area contributed by atoms with Crippen molar-refractivity contribution < 1.29 is 9.53 Å². The molecule has 0 radical (unpaired) electrons. The quantitative estimate of drug-likeness (QED) is 0.873. The van der Waals surface area contributed by atoms with Crippen molar-refractivity contribution >= 4 is 32.9 Å². The Morgan fingerprint density at radius 3 is 2.95 bits per heavy atom. The van der Waals surface area contributed by atoms with Crippen molar-refractivity contribution in [2.24, 2.45) is 0 Å². The number of nitrogens with one attached hydrogen (secondary N) is 2. The van der Waals surface area contributed by atoms with Crippen LogP contribution >= 0.6 is 15.9 Å². The fraction of sp³-hybridized carbons (Fsp3) is 0.400. The second-order valence-electron chi connectivity index (χ2n) is 5.45. The van der Waals surface area contributed by atoms with E-state index in [1.165, 1.54) is 17.7 Å².